The first-order chi connectivity index (χ1) is 10.0. The Morgan fingerprint density at radius 3 is 2.62 bits per heavy atom. The molecule has 0 saturated carbocycles. The van der Waals surface area contributed by atoms with Crippen LogP contribution in [0.4, 0.5) is 0 Å². The Morgan fingerprint density at radius 2 is 1.86 bits per heavy atom. The van der Waals surface area contributed by atoms with Crippen LogP contribution in [0.1, 0.15) is 19.3 Å². The standard InChI is InChI=1S/C15H21BrN2O2S/c16-12-1-5-15(6-2-12)21(19,20)10-9-18-8-7-13-3-4-14(11-18)17-13/h1-2,5-6,13-14,17H,3-4,7-11H2. The van der Waals surface area contributed by atoms with E-state index in [1.807, 2.05) is 0 Å². The molecule has 2 bridgehead atoms. The summed E-state index contributed by atoms with van der Waals surface area (Å²) in [6.45, 7) is 2.61. The van der Waals surface area contributed by atoms with Gasteiger partial charge in [-0.1, -0.05) is 15.9 Å². The van der Waals surface area contributed by atoms with Gasteiger partial charge in [-0.05, 0) is 50.1 Å². The number of fused-ring (bicyclic) bond motifs is 2. The lowest BCUT2D eigenvalue weighted by Crippen LogP contribution is -2.37. The van der Waals surface area contributed by atoms with E-state index in [9.17, 15) is 8.42 Å². The quantitative estimate of drug-likeness (QED) is 0.878. The smallest absolute Gasteiger partial charge is 0.179 e. The number of likely N-dealkylation sites (tertiary alicyclic amines) is 1. The Balaban J connectivity index is 1.60. The molecule has 0 radical (unpaired) electrons. The molecule has 2 atom stereocenters. The number of benzene rings is 1. The lowest BCUT2D eigenvalue weighted by atomic mass is 10.1. The minimum absolute atomic E-state index is 0.200. The van der Waals surface area contributed by atoms with Crippen molar-refractivity contribution in [2.24, 2.45) is 0 Å². The summed E-state index contributed by atoms with van der Waals surface area (Å²) in [4.78, 5) is 2.72. The summed E-state index contributed by atoms with van der Waals surface area (Å²) in [6, 6.07) is 8.09. The first-order valence-corrected chi connectivity index (χ1v) is 9.94. The number of nitrogens with zero attached hydrogens (tertiary/aromatic N) is 1. The molecule has 4 nitrogen and oxygen atoms in total. The Morgan fingerprint density at radius 1 is 1.14 bits per heavy atom. The molecule has 0 aliphatic carbocycles. The van der Waals surface area contributed by atoms with Crippen molar-refractivity contribution in [2.45, 2.75) is 36.2 Å². The molecule has 2 aliphatic heterocycles. The zero-order valence-electron chi connectivity index (χ0n) is 12.0. The van der Waals surface area contributed by atoms with E-state index in [1.165, 1.54) is 12.8 Å². The van der Waals surface area contributed by atoms with Crippen molar-refractivity contribution in [1.29, 1.82) is 0 Å². The summed E-state index contributed by atoms with van der Waals surface area (Å²) < 4.78 is 25.6. The molecule has 2 heterocycles. The minimum Gasteiger partial charge on any atom is -0.310 e. The van der Waals surface area contributed by atoms with Gasteiger partial charge < -0.3 is 10.2 Å². The molecular formula is C15H21BrN2O2S. The SMILES string of the molecule is O=S(=O)(CCN1CCC2CCC(C1)N2)c1ccc(Br)cc1. The second-order valence-electron chi connectivity index (χ2n) is 6.00. The summed E-state index contributed by atoms with van der Waals surface area (Å²) in [6.07, 6.45) is 3.63. The van der Waals surface area contributed by atoms with Crippen LogP contribution in [0.2, 0.25) is 0 Å². The first-order valence-electron chi connectivity index (χ1n) is 7.50. The third kappa shape index (κ3) is 3.86. The monoisotopic (exact) mass is 372 g/mol. The molecule has 2 aliphatic rings. The highest BCUT2D eigenvalue weighted by Crippen LogP contribution is 2.21. The van der Waals surface area contributed by atoms with Gasteiger partial charge >= 0.3 is 0 Å². The highest BCUT2D eigenvalue weighted by Gasteiger charge is 2.29. The zero-order valence-corrected chi connectivity index (χ0v) is 14.4. The molecule has 21 heavy (non-hydrogen) atoms. The topological polar surface area (TPSA) is 49.4 Å². The zero-order chi connectivity index (χ0) is 14.9. The summed E-state index contributed by atoms with van der Waals surface area (Å²) in [5.74, 6) is 0.200. The van der Waals surface area contributed by atoms with Gasteiger partial charge in [0.05, 0.1) is 10.6 Å². The molecule has 2 unspecified atom stereocenters. The number of hydrogen-bond acceptors (Lipinski definition) is 4. The maximum Gasteiger partial charge on any atom is 0.179 e. The molecule has 6 heteroatoms. The van der Waals surface area contributed by atoms with E-state index in [0.717, 1.165) is 24.0 Å². The van der Waals surface area contributed by atoms with Crippen molar-refractivity contribution >= 4 is 25.8 Å². The Labute approximate surface area is 135 Å². The third-order valence-electron chi connectivity index (χ3n) is 4.46. The number of halogens is 1. The van der Waals surface area contributed by atoms with Crippen molar-refractivity contribution in [1.82, 2.24) is 10.2 Å². The predicted molar refractivity (Wildman–Crippen MR) is 87.2 cm³/mol. The molecule has 116 valence electrons. The summed E-state index contributed by atoms with van der Waals surface area (Å²) in [5, 5.41) is 3.62. The van der Waals surface area contributed by atoms with Gasteiger partial charge in [-0.3, -0.25) is 0 Å². The molecule has 0 aromatic heterocycles. The van der Waals surface area contributed by atoms with Gasteiger partial charge in [-0.15, -0.1) is 0 Å². The molecule has 2 saturated heterocycles. The van der Waals surface area contributed by atoms with Crippen molar-refractivity contribution in [3.8, 4) is 0 Å². The van der Waals surface area contributed by atoms with Gasteiger partial charge in [0.2, 0.25) is 0 Å². The van der Waals surface area contributed by atoms with E-state index in [1.54, 1.807) is 24.3 Å². The Bertz CT molecular complexity index is 588. The fourth-order valence-corrected chi connectivity index (χ4v) is 4.78. The lowest BCUT2D eigenvalue weighted by Gasteiger charge is -2.23. The number of nitrogens with one attached hydrogen (secondary N) is 1. The highest BCUT2D eigenvalue weighted by molar-refractivity contribution is 9.10. The molecule has 3 rings (SSSR count). The highest BCUT2D eigenvalue weighted by atomic mass is 79.9. The van der Waals surface area contributed by atoms with E-state index in [-0.39, 0.29) is 5.75 Å². The number of hydrogen-bond donors (Lipinski definition) is 1. The van der Waals surface area contributed by atoms with Gasteiger partial charge in [0, 0.05) is 29.6 Å². The molecule has 0 amide bonds. The maximum atomic E-state index is 12.4. The van der Waals surface area contributed by atoms with Gasteiger partial charge in [-0.2, -0.15) is 0 Å². The Hall–Kier alpha value is -0.430. The van der Waals surface area contributed by atoms with E-state index in [0.29, 0.717) is 23.5 Å². The van der Waals surface area contributed by atoms with Gasteiger partial charge in [0.25, 0.3) is 0 Å². The second kappa shape index (κ2) is 6.36. The van der Waals surface area contributed by atoms with Crippen LogP contribution < -0.4 is 5.32 Å². The maximum absolute atomic E-state index is 12.4. The van der Waals surface area contributed by atoms with Crippen LogP contribution in [0.15, 0.2) is 33.6 Å². The largest absolute Gasteiger partial charge is 0.310 e. The summed E-state index contributed by atoms with van der Waals surface area (Å²) >= 11 is 3.33. The molecule has 0 spiro atoms. The van der Waals surface area contributed by atoms with Crippen LogP contribution in [-0.2, 0) is 9.84 Å². The number of sulfone groups is 1. The van der Waals surface area contributed by atoms with Crippen LogP contribution in [0.3, 0.4) is 0 Å². The van der Waals surface area contributed by atoms with Crippen LogP contribution >= 0.6 is 15.9 Å². The molecule has 1 aromatic carbocycles. The second-order valence-corrected chi connectivity index (χ2v) is 9.02. The molecule has 1 N–H and O–H groups in total. The van der Waals surface area contributed by atoms with Crippen LogP contribution in [0, 0.1) is 0 Å². The predicted octanol–water partition coefficient (Wildman–Crippen LogP) is 2.05. The molecule has 2 fully saturated rings. The minimum atomic E-state index is -3.18. The molecule has 1 aromatic rings. The molecular weight excluding hydrogens is 352 g/mol. The summed E-state index contributed by atoms with van der Waals surface area (Å²) in [5.41, 5.74) is 0. The first kappa shape index (κ1) is 15.5. The van der Waals surface area contributed by atoms with E-state index in [4.69, 9.17) is 0 Å². The summed E-state index contributed by atoms with van der Waals surface area (Å²) in [7, 11) is -3.18. The van der Waals surface area contributed by atoms with Crippen molar-refractivity contribution in [2.75, 3.05) is 25.4 Å². The van der Waals surface area contributed by atoms with Crippen LogP contribution in [0.5, 0.6) is 0 Å². The van der Waals surface area contributed by atoms with Gasteiger partial charge in [0.1, 0.15) is 0 Å². The van der Waals surface area contributed by atoms with E-state index >= 15 is 0 Å². The fourth-order valence-electron chi connectivity index (χ4n) is 3.23. The van der Waals surface area contributed by atoms with Crippen LogP contribution in [0.25, 0.3) is 0 Å². The van der Waals surface area contributed by atoms with Crippen molar-refractivity contribution < 1.29 is 8.42 Å². The van der Waals surface area contributed by atoms with E-state index in [2.05, 4.69) is 26.1 Å². The van der Waals surface area contributed by atoms with E-state index < -0.39 is 9.84 Å². The third-order valence-corrected chi connectivity index (χ3v) is 6.70. The normalized spacial score (nSPS) is 26.7. The lowest BCUT2D eigenvalue weighted by molar-refractivity contribution is 0.273. The fraction of sp³-hybridized carbons (Fsp3) is 0.600. The van der Waals surface area contributed by atoms with Gasteiger partial charge in [0.15, 0.2) is 9.84 Å². The van der Waals surface area contributed by atoms with Gasteiger partial charge in [-0.25, -0.2) is 8.42 Å². The van der Waals surface area contributed by atoms with Crippen molar-refractivity contribution in [3.63, 3.8) is 0 Å². The Kier molecular flexibility index (Phi) is 4.69. The van der Waals surface area contributed by atoms with Crippen LogP contribution in [-0.4, -0.2) is 50.8 Å². The average Bonchev–Trinajstić information content (AvgIpc) is 2.78. The average molecular weight is 373 g/mol. The number of rotatable bonds is 4. The van der Waals surface area contributed by atoms with Crippen molar-refractivity contribution in [3.05, 3.63) is 28.7 Å².